The summed E-state index contributed by atoms with van der Waals surface area (Å²) in [6.45, 7) is 7.80. The highest BCUT2D eigenvalue weighted by molar-refractivity contribution is 7.95. The summed E-state index contributed by atoms with van der Waals surface area (Å²) >= 11 is 0. The van der Waals surface area contributed by atoms with Crippen LogP contribution in [-0.4, -0.2) is 14.4 Å². The molecule has 1 aliphatic rings. The Labute approximate surface area is 154 Å². The maximum atomic E-state index is 13.2. The average Bonchev–Trinajstić information content (AvgIpc) is 2.92. The van der Waals surface area contributed by atoms with Crippen LogP contribution in [0.15, 0.2) is 70.5 Å². The number of hydrogen-bond acceptors (Lipinski definition) is 4. The van der Waals surface area contributed by atoms with Gasteiger partial charge in [-0.05, 0) is 30.0 Å². The molecule has 5 heteroatoms. The van der Waals surface area contributed by atoms with Crippen molar-refractivity contribution in [1.82, 2.24) is 0 Å². The van der Waals surface area contributed by atoms with E-state index in [1.807, 2.05) is 18.2 Å². The van der Waals surface area contributed by atoms with Crippen molar-refractivity contribution in [1.29, 1.82) is 0 Å². The summed E-state index contributed by atoms with van der Waals surface area (Å²) in [5, 5.41) is 0. The molecule has 0 amide bonds. The van der Waals surface area contributed by atoms with Gasteiger partial charge in [0.15, 0.2) is 5.60 Å². The van der Waals surface area contributed by atoms with E-state index in [2.05, 4.69) is 20.8 Å². The molecule has 1 unspecified atom stereocenters. The van der Waals surface area contributed by atoms with Crippen LogP contribution in [0.4, 0.5) is 0 Å². The van der Waals surface area contributed by atoms with Crippen LogP contribution in [0.2, 0.25) is 0 Å². The van der Waals surface area contributed by atoms with E-state index in [1.54, 1.807) is 43.3 Å². The highest BCUT2D eigenvalue weighted by Crippen LogP contribution is 2.43. The van der Waals surface area contributed by atoms with Gasteiger partial charge in [-0.25, -0.2) is 13.2 Å². The number of esters is 1. The van der Waals surface area contributed by atoms with E-state index in [4.69, 9.17) is 4.74 Å². The van der Waals surface area contributed by atoms with Crippen molar-refractivity contribution in [2.75, 3.05) is 0 Å². The largest absolute Gasteiger partial charge is 0.446 e. The average molecular weight is 370 g/mol. The molecule has 1 aliphatic heterocycles. The van der Waals surface area contributed by atoms with Crippen LogP contribution in [0.5, 0.6) is 0 Å². The maximum Gasteiger partial charge on any atom is 0.333 e. The first kappa shape index (κ1) is 18.4. The minimum atomic E-state index is -3.87. The Morgan fingerprint density at radius 1 is 0.923 bits per heavy atom. The van der Waals surface area contributed by atoms with Crippen molar-refractivity contribution < 1.29 is 17.9 Å². The molecule has 0 saturated heterocycles. The zero-order valence-corrected chi connectivity index (χ0v) is 16.1. The Morgan fingerprint density at radius 2 is 1.50 bits per heavy atom. The molecule has 0 bridgehead atoms. The Kier molecular flexibility index (Phi) is 4.31. The zero-order valence-electron chi connectivity index (χ0n) is 15.3. The number of rotatable bonds is 3. The summed E-state index contributed by atoms with van der Waals surface area (Å²) in [6, 6.07) is 15.7. The van der Waals surface area contributed by atoms with Gasteiger partial charge < -0.3 is 4.74 Å². The highest BCUT2D eigenvalue weighted by Gasteiger charge is 2.47. The van der Waals surface area contributed by atoms with E-state index in [-0.39, 0.29) is 15.2 Å². The Hall–Kier alpha value is -2.40. The molecule has 2 aromatic rings. The third-order valence-electron chi connectivity index (χ3n) is 4.67. The smallest absolute Gasteiger partial charge is 0.333 e. The van der Waals surface area contributed by atoms with E-state index in [0.29, 0.717) is 5.56 Å². The molecule has 0 radical (unpaired) electrons. The summed E-state index contributed by atoms with van der Waals surface area (Å²) in [7, 11) is -3.87. The SMILES string of the molecule is CC(C)(C)c1ccc(S(=O)(=O)C2=CC(=O)OC2(C)c2ccccc2)cc1. The molecule has 2 aromatic carbocycles. The van der Waals surface area contributed by atoms with Crippen molar-refractivity contribution in [3.8, 4) is 0 Å². The first-order valence-electron chi connectivity index (χ1n) is 8.41. The second-order valence-corrected chi connectivity index (χ2v) is 9.52. The van der Waals surface area contributed by atoms with Crippen LogP contribution >= 0.6 is 0 Å². The molecule has 136 valence electrons. The molecule has 0 N–H and O–H groups in total. The van der Waals surface area contributed by atoms with E-state index in [0.717, 1.165) is 11.6 Å². The van der Waals surface area contributed by atoms with Crippen LogP contribution in [0.1, 0.15) is 38.8 Å². The first-order chi connectivity index (χ1) is 12.0. The zero-order chi connectivity index (χ0) is 19.2. The lowest BCUT2D eigenvalue weighted by Gasteiger charge is -2.27. The molecule has 26 heavy (non-hydrogen) atoms. The summed E-state index contributed by atoms with van der Waals surface area (Å²) in [5.41, 5.74) is 0.244. The molecular formula is C21H22O4S. The second-order valence-electron chi connectivity index (χ2n) is 7.61. The Bertz CT molecular complexity index is 965. The Balaban J connectivity index is 2.08. The van der Waals surface area contributed by atoms with Gasteiger partial charge in [0.05, 0.1) is 4.90 Å². The minimum absolute atomic E-state index is 0.0373. The van der Waals surface area contributed by atoms with Crippen LogP contribution in [0.3, 0.4) is 0 Å². The van der Waals surface area contributed by atoms with Crippen LogP contribution in [0.25, 0.3) is 0 Å². The fraction of sp³-hybridized carbons (Fsp3) is 0.286. The molecule has 0 aromatic heterocycles. The third kappa shape index (κ3) is 3.07. The first-order valence-corrected chi connectivity index (χ1v) is 9.90. The fourth-order valence-corrected chi connectivity index (χ4v) is 4.75. The van der Waals surface area contributed by atoms with Gasteiger partial charge in [-0.1, -0.05) is 63.2 Å². The number of sulfone groups is 1. The quantitative estimate of drug-likeness (QED) is 0.763. The topological polar surface area (TPSA) is 60.4 Å². The predicted octanol–water partition coefficient (Wildman–Crippen LogP) is 4.11. The highest BCUT2D eigenvalue weighted by atomic mass is 32.2. The molecule has 0 spiro atoms. The molecule has 1 atom stereocenters. The number of ether oxygens (including phenoxy) is 1. The van der Waals surface area contributed by atoms with Gasteiger partial charge in [-0.15, -0.1) is 0 Å². The molecule has 1 heterocycles. The minimum Gasteiger partial charge on any atom is -0.446 e. The van der Waals surface area contributed by atoms with Crippen LogP contribution in [0, 0.1) is 0 Å². The lowest BCUT2D eigenvalue weighted by atomic mass is 9.87. The van der Waals surface area contributed by atoms with Crippen molar-refractivity contribution in [3.05, 3.63) is 76.7 Å². The molecule has 0 fully saturated rings. The van der Waals surface area contributed by atoms with E-state index < -0.39 is 21.4 Å². The number of cyclic esters (lactones) is 1. The number of hydrogen-bond donors (Lipinski definition) is 0. The molecule has 0 saturated carbocycles. The van der Waals surface area contributed by atoms with Gasteiger partial charge in [-0.3, -0.25) is 0 Å². The predicted molar refractivity (Wildman–Crippen MR) is 100 cm³/mol. The van der Waals surface area contributed by atoms with Crippen LogP contribution in [-0.2, 0) is 30.4 Å². The van der Waals surface area contributed by atoms with Gasteiger partial charge in [0.25, 0.3) is 0 Å². The summed E-state index contributed by atoms with van der Waals surface area (Å²) in [6.07, 6.45) is 1.08. The van der Waals surface area contributed by atoms with Gasteiger partial charge >= 0.3 is 5.97 Å². The van der Waals surface area contributed by atoms with Gasteiger partial charge in [0.1, 0.15) is 4.91 Å². The van der Waals surface area contributed by atoms with Crippen molar-refractivity contribution in [2.45, 2.75) is 43.6 Å². The molecule has 0 aliphatic carbocycles. The van der Waals surface area contributed by atoms with Crippen molar-refractivity contribution >= 4 is 15.8 Å². The van der Waals surface area contributed by atoms with Gasteiger partial charge in [-0.2, -0.15) is 0 Å². The summed E-state index contributed by atoms with van der Waals surface area (Å²) in [4.78, 5) is 12.1. The van der Waals surface area contributed by atoms with Gasteiger partial charge in [0.2, 0.25) is 9.84 Å². The monoisotopic (exact) mass is 370 g/mol. The van der Waals surface area contributed by atoms with Crippen LogP contribution < -0.4 is 0 Å². The normalized spacial score (nSPS) is 20.6. The lowest BCUT2D eigenvalue weighted by molar-refractivity contribution is -0.145. The van der Waals surface area contributed by atoms with Gasteiger partial charge in [0, 0.05) is 11.6 Å². The van der Waals surface area contributed by atoms with E-state index >= 15 is 0 Å². The Morgan fingerprint density at radius 3 is 2.04 bits per heavy atom. The molecule has 3 rings (SSSR count). The van der Waals surface area contributed by atoms with Crippen molar-refractivity contribution in [3.63, 3.8) is 0 Å². The molecular weight excluding hydrogens is 348 g/mol. The standard InChI is InChI=1S/C21H22O4S/c1-20(2,3)15-10-12-17(13-11-15)26(23,24)18-14-19(22)25-21(18,4)16-8-6-5-7-9-16/h5-14H,1-4H3. The van der Waals surface area contributed by atoms with E-state index in [1.165, 1.54) is 0 Å². The summed E-state index contributed by atoms with van der Waals surface area (Å²) < 4.78 is 31.9. The number of benzene rings is 2. The maximum absolute atomic E-state index is 13.2. The third-order valence-corrected chi connectivity index (χ3v) is 6.65. The van der Waals surface area contributed by atoms with E-state index in [9.17, 15) is 13.2 Å². The lowest BCUT2D eigenvalue weighted by Crippen LogP contribution is -2.29. The number of carbonyl (C=O) groups excluding carboxylic acids is 1. The molecule has 4 nitrogen and oxygen atoms in total. The second kappa shape index (κ2) is 6.09. The summed E-state index contributed by atoms with van der Waals surface area (Å²) in [5.74, 6) is -0.652. The number of carbonyl (C=O) groups is 1. The van der Waals surface area contributed by atoms with Crippen molar-refractivity contribution in [2.24, 2.45) is 0 Å². The fourth-order valence-electron chi connectivity index (χ4n) is 3.08.